The van der Waals surface area contributed by atoms with Gasteiger partial charge in [-0.3, -0.25) is 4.98 Å². The molecule has 3 rings (SSSR count). The molecule has 2 heterocycles. The lowest BCUT2D eigenvalue weighted by Crippen LogP contribution is -2.16. The molecule has 0 saturated carbocycles. The van der Waals surface area contributed by atoms with E-state index in [0.717, 1.165) is 29.9 Å². The highest BCUT2D eigenvalue weighted by Crippen LogP contribution is 2.38. The first kappa shape index (κ1) is 13.1. The molecule has 0 amide bonds. The smallest absolute Gasteiger partial charge is 0.122 e. The second kappa shape index (κ2) is 5.63. The number of nitrogens with zero attached hydrogens (tertiary/aromatic N) is 1. The van der Waals surface area contributed by atoms with Crippen molar-refractivity contribution in [3.8, 4) is 5.75 Å². The van der Waals surface area contributed by atoms with Crippen LogP contribution in [0.25, 0.3) is 0 Å². The number of aromatic nitrogens is 1. The molecule has 2 atom stereocenters. The number of aryl methyl sites for hydroxylation is 1. The number of hydrogen-bond acceptors (Lipinski definition) is 3. The lowest BCUT2D eigenvalue weighted by atomic mass is 9.87. The average molecular weight is 269 g/mol. The zero-order chi connectivity index (χ0) is 13.9. The molecular weight excluding hydrogens is 250 g/mol. The Morgan fingerprint density at radius 2 is 2.20 bits per heavy atom. The van der Waals surface area contributed by atoms with E-state index < -0.39 is 6.10 Å². The molecule has 0 spiro atoms. The molecule has 0 aliphatic carbocycles. The van der Waals surface area contributed by atoms with Gasteiger partial charge in [-0.25, -0.2) is 0 Å². The quantitative estimate of drug-likeness (QED) is 0.928. The predicted octanol–water partition coefficient (Wildman–Crippen LogP) is 3.38. The van der Waals surface area contributed by atoms with Crippen LogP contribution in [-0.4, -0.2) is 16.7 Å². The third-order valence-electron chi connectivity index (χ3n) is 3.87. The Labute approximate surface area is 119 Å². The van der Waals surface area contributed by atoms with Gasteiger partial charge in [-0.2, -0.15) is 0 Å². The first-order valence-corrected chi connectivity index (χ1v) is 7.05. The van der Waals surface area contributed by atoms with E-state index in [1.165, 1.54) is 5.56 Å². The van der Waals surface area contributed by atoms with Crippen LogP contribution < -0.4 is 4.74 Å². The summed E-state index contributed by atoms with van der Waals surface area (Å²) in [6.07, 6.45) is 4.75. The molecule has 1 aromatic heterocycles. The Balaban J connectivity index is 1.79. The summed E-state index contributed by atoms with van der Waals surface area (Å²) in [6, 6.07) is 10.1. The molecule has 0 radical (unpaired) electrons. The Kier molecular flexibility index (Phi) is 3.70. The molecule has 3 heteroatoms. The fraction of sp³-hybridized carbons (Fsp3) is 0.353. The van der Waals surface area contributed by atoms with Crippen LogP contribution in [0.3, 0.4) is 0 Å². The van der Waals surface area contributed by atoms with Crippen molar-refractivity contribution in [2.24, 2.45) is 0 Å². The molecule has 1 aliphatic rings. The number of rotatable bonds is 3. The summed E-state index contributed by atoms with van der Waals surface area (Å²) in [5.41, 5.74) is 3.18. The van der Waals surface area contributed by atoms with Gasteiger partial charge in [0.1, 0.15) is 5.75 Å². The molecule has 3 nitrogen and oxygen atoms in total. The minimum atomic E-state index is -0.474. The van der Waals surface area contributed by atoms with E-state index in [9.17, 15) is 5.11 Å². The van der Waals surface area contributed by atoms with E-state index in [2.05, 4.69) is 11.1 Å². The normalized spacial score (nSPS) is 19.0. The summed E-state index contributed by atoms with van der Waals surface area (Å²) in [4.78, 5) is 4.16. The van der Waals surface area contributed by atoms with Crippen molar-refractivity contribution in [2.45, 2.75) is 31.8 Å². The first-order valence-electron chi connectivity index (χ1n) is 7.05. The van der Waals surface area contributed by atoms with Gasteiger partial charge in [0.15, 0.2) is 0 Å². The Morgan fingerprint density at radius 1 is 1.35 bits per heavy atom. The van der Waals surface area contributed by atoms with Crippen LogP contribution in [0.1, 0.15) is 41.6 Å². The monoisotopic (exact) mass is 269 g/mol. The maximum atomic E-state index is 10.4. The highest BCUT2D eigenvalue weighted by molar-refractivity contribution is 5.38. The summed E-state index contributed by atoms with van der Waals surface area (Å²) < 4.78 is 5.67. The van der Waals surface area contributed by atoms with E-state index in [1.54, 1.807) is 12.4 Å². The summed E-state index contributed by atoms with van der Waals surface area (Å²) >= 11 is 0. The van der Waals surface area contributed by atoms with Gasteiger partial charge in [0.2, 0.25) is 0 Å². The Morgan fingerprint density at radius 3 is 3.05 bits per heavy atom. The van der Waals surface area contributed by atoms with Crippen molar-refractivity contribution < 1.29 is 9.84 Å². The van der Waals surface area contributed by atoms with Crippen LogP contribution >= 0.6 is 0 Å². The minimum Gasteiger partial charge on any atom is -0.493 e. The topological polar surface area (TPSA) is 42.4 Å². The van der Waals surface area contributed by atoms with Gasteiger partial charge in [-0.05, 0) is 48.4 Å². The minimum absolute atomic E-state index is 0.343. The summed E-state index contributed by atoms with van der Waals surface area (Å²) in [6.45, 7) is 2.72. The average Bonchev–Trinajstić information content (AvgIpc) is 2.47. The number of pyridine rings is 1. The van der Waals surface area contributed by atoms with Crippen molar-refractivity contribution in [3.63, 3.8) is 0 Å². The summed E-state index contributed by atoms with van der Waals surface area (Å²) in [7, 11) is 0. The SMILES string of the molecule is Cc1cncc(C(O)CC2CCOc3ccccc32)c1. The maximum absolute atomic E-state index is 10.4. The second-order valence-electron chi connectivity index (χ2n) is 5.42. The number of benzene rings is 1. The van der Waals surface area contributed by atoms with Crippen molar-refractivity contribution in [3.05, 3.63) is 59.4 Å². The van der Waals surface area contributed by atoms with Gasteiger partial charge in [0.05, 0.1) is 12.7 Å². The van der Waals surface area contributed by atoms with Gasteiger partial charge in [0.25, 0.3) is 0 Å². The number of para-hydroxylation sites is 1. The van der Waals surface area contributed by atoms with Gasteiger partial charge in [-0.1, -0.05) is 24.3 Å². The Hall–Kier alpha value is -1.87. The van der Waals surface area contributed by atoms with Crippen LogP contribution in [-0.2, 0) is 0 Å². The van der Waals surface area contributed by atoms with Crippen molar-refractivity contribution in [1.29, 1.82) is 0 Å². The zero-order valence-corrected chi connectivity index (χ0v) is 11.6. The molecule has 1 aliphatic heterocycles. The van der Waals surface area contributed by atoms with Crippen molar-refractivity contribution in [2.75, 3.05) is 6.61 Å². The van der Waals surface area contributed by atoms with Crippen molar-refractivity contribution in [1.82, 2.24) is 4.98 Å². The number of ether oxygens (including phenoxy) is 1. The van der Waals surface area contributed by atoms with E-state index >= 15 is 0 Å². The van der Waals surface area contributed by atoms with E-state index in [4.69, 9.17) is 4.74 Å². The molecule has 2 aromatic rings. The number of aliphatic hydroxyl groups excluding tert-OH is 1. The summed E-state index contributed by atoms with van der Waals surface area (Å²) in [5, 5.41) is 10.4. The third-order valence-corrected chi connectivity index (χ3v) is 3.87. The molecule has 104 valence electrons. The first-order chi connectivity index (χ1) is 9.74. The van der Waals surface area contributed by atoms with Gasteiger partial charge in [0, 0.05) is 12.4 Å². The summed E-state index contributed by atoms with van der Waals surface area (Å²) in [5.74, 6) is 1.30. The van der Waals surface area contributed by atoms with Crippen LogP contribution in [0.15, 0.2) is 42.7 Å². The number of fused-ring (bicyclic) bond motifs is 1. The van der Waals surface area contributed by atoms with Crippen LogP contribution in [0.4, 0.5) is 0 Å². The van der Waals surface area contributed by atoms with E-state index in [0.29, 0.717) is 12.3 Å². The predicted molar refractivity (Wildman–Crippen MR) is 77.8 cm³/mol. The number of aliphatic hydroxyl groups is 1. The van der Waals surface area contributed by atoms with Gasteiger partial charge < -0.3 is 9.84 Å². The molecular formula is C17H19NO2. The molecule has 20 heavy (non-hydrogen) atoms. The fourth-order valence-corrected chi connectivity index (χ4v) is 2.83. The Bertz CT molecular complexity index is 597. The highest BCUT2D eigenvalue weighted by atomic mass is 16.5. The standard InChI is InChI=1S/C17H19NO2/c1-12-8-14(11-18-10-12)16(19)9-13-6-7-20-17-5-3-2-4-15(13)17/h2-5,8,10-11,13,16,19H,6-7,9H2,1H3. The van der Waals surface area contributed by atoms with Crippen LogP contribution in [0.2, 0.25) is 0 Å². The molecule has 0 bridgehead atoms. The molecule has 0 saturated heterocycles. The van der Waals surface area contributed by atoms with Gasteiger partial charge >= 0.3 is 0 Å². The van der Waals surface area contributed by atoms with E-state index in [-0.39, 0.29) is 0 Å². The van der Waals surface area contributed by atoms with Crippen LogP contribution in [0.5, 0.6) is 5.75 Å². The number of hydrogen-bond donors (Lipinski definition) is 1. The molecule has 1 N–H and O–H groups in total. The largest absolute Gasteiger partial charge is 0.493 e. The van der Waals surface area contributed by atoms with Crippen molar-refractivity contribution >= 4 is 0 Å². The molecule has 1 aromatic carbocycles. The fourth-order valence-electron chi connectivity index (χ4n) is 2.83. The molecule has 0 fully saturated rings. The van der Waals surface area contributed by atoms with Gasteiger partial charge in [-0.15, -0.1) is 0 Å². The lowest BCUT2D eigenvalue weighted by Gasteiger charge is -2.27. The highest BCUT2D eigenvalue weighted by Gasteiger charge is 2.24. The second-order valence-corrected chi connectivity index (χ2v) is 5.42. The maximum Gasteiger partial charge on any atom is 0.122 e. The zero-order valence-electron chi connectivity index (χ0n) is 11.6. The van der Waals surface area contributed by atoms with Crippen LogP contribution in [0, 0.1) is 6.92 Å². The molecule has 2 unspecified atom stereocenters. The van der Waals surface area contributed by atoms with E-state index in [1.807, 2.05) is 31.2 Å². The lowest BCUT2D eigenvalue weighted by molar-refractivity contribution is 0.144. The third kappa shape index (κ3) is 2.68.